The summed E-state index contributed by atoms with van der Waals surface area (Å²) in [5.41, 5.74) is 3.14. The molecule has 0 bridgehead atoms. The normalized spacial score (nSPS) is 13.8. The zero-order chi connectivity index (χ0) is 18.0. The molecule has 4 nitrogen and oxygen atoms in total. The quantitative estimate of drug-likeness (QED) is 0.819. The van der Waals surface area contributed by atoms with E-state index >= 15 is 0 Å². The third-order valence-corrected chi connectivity index (χ3v) is 5.18. The number of ether oxygens (including phenoxy) is 1. The highest BCUT2D eigenvalue weighted by Crippen LogP contribution is 2.26. The van der Waals surface area contributed by atoms with Crippen molar-refractivity contribution in [3.8, 4) is 0 Å². The molecular weight excluding hydrogens is 356 g/mol. The van der Waals surface area contributed by atoms with Crippen LogP contribution < -0.4 is 5.32 Å². The molecule has 1 N–H and O–H groups in total. The summed E-state index contributed by atoms with van der Waals surface area (Å²) in [6.45, 7) is 8.48. The number of rotatable bonds is 4. The fraction of sp³-hybridized carbons (Fsp3) is 0.421. The van der Waals surface area contributed by atoms with E-state index in [4.69, 9.17) is 16.3 Å². The van der Waals surface area contributed by atoms with Gasteiger partial charge in [-0.3, -0.25) is 4.90 Å². The topological polar surface area (TPSA) is 41.6 Å². The van der Waals surface area contributed by atoms with E-state index < -0.39 is 5.60 Å². The van der Waals surface area contributed by atoms with Crippen LogP contribution >= 0.6 is 22.9 Å². The molecule has 134 valence electrons. The highest BCUT2D eigenvalue weighted by molar-refractivity contribution is 7.10. The summed E-state index contributed by atoms with van der Waals surface area (Å²) < 4.78 is 5.46. The monoisotopic (exact) mass is 378 g/mol. The van der Waals surface area contributed by atoms with E-state index in [9.17, 15) is 4.79 Å². The van der Waals surface area contributed by atoms with Crippen molar-refractivity contribution in [1.82, 2.24) is 10.2 Å². The van der Waals surface area contributed by atoms with Crippen molar-refractivity contribution in [2.75, 3.05) is 0 Å². The van der Waals surface area contributed by atoms with Gasteiger partial charge in [-0.15, -0.1) is 11.3 Å². The third-order valence-electron chi connectivity index (χ3n) is 3.89. The molecule has 0 fully saturated rings. The van der Waals surface area contributed by atoms with Gasteiger partial charge in [-0.1, -0.05) is 29.8 Å². The van der Waals surface area contributed by atoms with Crippen LogP contribution in [0.1, 0.15) is 42.3 Å². The second-order valence-corrected chi connectivity index (χ2v) is 8.71. The van der Waals surface area contributed by atoms with Gasteiger partial charge in [0.1, 0.15) is 5.60 Å². The summed E-state index contributed by atoms with van der Waals surface area (Å²) in [5.74, 6) is 0. The van der Waals surface area contributed by atoms with Gasteiger partial charge in [0.25, 0.3) is 0 Å². The minimum Gasteiger partial charge on any atom is -0.444 e. The molecule has 1 aliphatic heterocycles. The van der Waals surface area contributed by atoms with E-state index in [2.05, 4.69) is 23.5 Å². The highest BCUT2D eigenvalue weighted by atomic mass is 35.5. The van der Waals surface area contributed by atoms with Crippen molar-refractivity contribution in [3.63, 3.8) is 0 Å². The Kier molecular flexibility index (Phi) is 5.37. The molecular formula is C19H23ClN2O2S. The molecule has 0 spiro atoms. The van der Waals surface area contributed by atoms with Crippen LogP contribution in [0.25, 0.3) is 0 Å². The number of amides is 1. The van der Waals surface area contributed by atoms with Gasteiger partial charge in [-0.25, -0.2) is 4.79 Å². The molecule has 0 unspecified atom stereocenters. The minimum absolute atomic E-state index is 0.252. The lowest BCUT2D eigenvalue weighted by Gasteiger charge is -2.24. The average Bonchev–Trinajstić information content (AvgIpc) is 3.11. The Morgan fingerprint density at radius 2 is 2.00 bits per heavy atom. The van der Waals surface area contributed by atoms with Crippen LogP contribution in [0.5, 0.6) is 0 Å². The summed E-state index contributed by atoms with van der Waals surface area (Å²) in [5, 5.41) is 6.17. The van der Waals surface area contributed by atoms with Crippen molar-refractivity contribution in [2.24, 2.45) is 0 Å². The van der Waals surface area contributed by atoms with Crippen LogP contribution in [-0.4, -0.2) is 16.6 Å². The zero-order valence-corrected chi connectivity index (χ0v) is 16.3. The first-order valence-corrected chi connectivity index (χ1v) is 9.58. The van der Waals surface area contributed by atoms with Gasteiger partial charge < -0.3 is 10.1 Å². The number of nitrogens with one attached hydrogen (secondary N) is 1. The van der Waals surface area contributed by atoms with Crippen LogP contribution in [-0.2, 0) is 30.9 Å². The van der Waals surface area contributed by atoms with Gasteiger partial charge in [0, 0.05) is 36.4 Å². The van der Waals surface area contributed by atoms with E-state index in [-0.39, 0.29) is 6.09 Å². The Balaban J connectivity index is 1.55. The number of hydrogen-bond donors (Lipinski definition) is 1. The van der Waals surface area contributed by atoms with E-state index in [0.717, 1.165) is 18.1 Å². The van der Waals surface area contributed by atoms with Gasteiger partial charge in [0.2, 0.25) is 0 Å². The fourth-order valence-electron chi connectivity index (χ4n) is 2.79. The van der Waals surface area contributed by atoms with Gasteiger partial charge in [0.15, 0.2) is 0 Å². The number of benzene rings is 1. The van der Waals surface area contributed by atoms with Crippen LogP contribution in [0.3, 0.4) is 0 Å². The first-order valence-electron chi connectivity index (χ1n) is 8.32. The molecule has 0 atom stereocenters. The largest absolute Gasteiger partial charge is 0.444 e. The van der Waals surface area contributed by atoms with Gasteiger partial charge in [-0.2, -0.15) is 0 Å². The van der Waals surface area contributed by atoms with Crippen molar-refractivity contribution < 1.29 is 9.53 Å². The predicted molar refractivity (Wildman–Crippen MR) is 102 cm³/mol. The Morgan fingerprint density at radius 3 is 2.68 bits per heavy atom. The van der Waals surface area contributed by atoms with Crippen molar-refractivity contribution >= 4 is 29.0 Å². The maximum absolute atomic E-state index is 12.2. The van der Waals surface area contributed by atoms with Gasteiger partial charge in [0.05, 0.1) is 5.02 Å². The summed E-state index contributed by atoms with van der Waals surface area (Å²) in [4.78, 5) is 15.2. The zero-order valence-electron chi connectivity index (χ0n) is 14.8. The summed E-state index contributed by atoms with van der Waals surface area (Å²) >= 11 is 7.60. The van der Waals surface area contributed by atoms with Gasteiger partial charge in [-0.05, 0) is 43.5 Å². The number of hydrogen-bond acceptors (Lipinski definition) is 4. The van der Waals surface area contributed by atoms with Crippen molar-refractivity contribution in [1.29, 1.82) is 0 Å². The molecule has 0 aliphatic carbocycles. The molecule has 0 saturated carbocycles. The lowest BCUT2D eigenvalue weighted by atomic mass is 10.1. The molecule has 3 rings (SSSR count). The SMILES string of the molecule is CC(C)(C)OC(=O)N1Cc2ccc(CNCc3cc(Cl)cs3)cc2C1. The summed E-state index contributed by atoms with van der Waals surface area (Å²) in [6.07, 6.45) is -0.252. The van der Waals surface area contributed by atoms with Crippen molar-refractivity contribution in [2.45, 2.75) is 52.6 Å². The van der Waals surface area contributed by atoms with E-state index in [1.807, 2.05) is 32.2 Å². The van der Waals surface area contributed by atoms with Crippen molar-refractivity contribution in [3.05, 3.63) is 56.2 Å². The number of carbonyl (C=O) groups is 1. The number of fused-ring (bicyclic) bond motifs is 1. The molecule has 1 aliphatic rings. The Bertz CT molecular complexity index is 767. The molecule has 1 amide bonds. The lowest BCUT2D eigenvalue weighted by molar-refractivity contribution is 0.0242. The lowest BCUT2D eigenvalue weighted by Crippen LogP contribution is -2.33. The number of nitrogens with zero attached hydrogens (tertiary/aromatic N) is 1. The third kappa shape index (κ3) is 4.97. The van der Waals surface area contributed by atoms with Crippen LogP contribution in [0.4, 0.5) is 4.79 Å². The molecule has 0 saturated heterocycles. The van der Waals surface area contributed by atoms with E-state index in [1.165, 1.54) is 21.6 Å². The minimum atomic E-state index is -0.467. The molecule has 2 aromatic rings. The Labute approximate surface area is 157 Å². The number of halogens is 1. The summed E-state index contributed by atoms with van der Waals surface area (Å²) in [7, 11) is 0. The molecule has 6 heteroatoms. The molecule has 0 radical (unpaired) electrons. The first kappa shape index (κ1) is 18.2. The number of thiophene rings is 1. The van der Waals surface area contributed by atoms with Crippen LogP contribution in [0, 0.1) is 0 Å². The second kappa shape index (κ2) is 7.36. The molecule has 1 aromatic carbocycles. The van der Waals surface area contributed by atoms with Crippen LogP contribution in [0.15, 0.2) is 29.6 Å². The fourth-order valence-corrected chi connectivity index (χ4v) is 3.83. The Morgan fingerprint density at radius 1 is 1.24 bits per heavy atom. The smallest absolute Gasteiger partial charge is 0.410 e. The molecule has 25 heavy (non-hydrogen) atoms. The Hall–Kier alpha value is -1.56. The van der Waals surface area contributed by atoms with E-state index in [1.54, 1.807) is 16.2 Å². The maximum atomic E-state index is 12.2. The molecule has 2 heterocycles. The maximum Gasteiger partial charge on any atom is 0.410 e. The first-order chi connectivity index (χ1) is 11.8. The second-order valence-electron chi connectivity index (χ2n) is 7.27. The summed E-state index contributed by atoms with van der Waals surface area (Å²) in [6, 6.07) is 8.39. The highest BCUT2D eigenvalue weighted by Gasteiger charge is 2.27. The van der Waals surface area contributed by atoms with Crippen LogP contribution in [0.2, 0.25) is 5.02 Å². The predicted octanol–water partition coefficient (Wildman–Crippen LogP) is 4.94. The molecule has 1 aromatic heterocycles. The van der Waals surface area contributed by atoms with Gasteiger partial charge >= 0.3 is 6.09 Å². The van der Waals surface area contributed by atoms with E-state index in [0.29, 0.717) is 13.1 Å². The standard InChI is InChI=1S/C19H23ClN2O2S/c1-19(2,3)24-18(23)22-10-14-5-4-13(6-15(14)11-22)8-21-9-17-7-16(20)12-25-17/h4-7,12,21H,8-11H2,1-3H3. The number of carbonyl (C=O) groups excluding carboxylic acids is 1. The average molecular weight is 379 g/mol.